The van der Waals surface area contributed by atoms with E-state index in [1.54, 1.807) is 28.4 Å². The molecule has 0 radical (unpaired) electrons. The minimum Gasteiger partial charge on any atom is -0.324 e. The SMILES string of the molecule is O=C(Nc1cccc(F)c1)N1CC2CC(C1)c1ccc(-c3cc4ccccc4s3)c(=O)n1C2. The number of fused-ring (bicyclic) bond motifs is 5. The molecule has 2 bridgehead atoms. The molecule has 1 saturated heterocycles. The van der Waals surface area contributed by atoms with Crippen LogP contribution in [0.15, 0.2) is 71.5 Å². The number of rotatable bonds is 2. The van der Waals surface area contributed by atoms with E-state index in [1.165, 1.54) is 16.8 Å². The Bertz CT molecular complexity index is 1410. The van der Waals surface area contributed by atoms with Crippen LogP contribution in [0.2, 0.25) is 0 Å². The number of halogens is 1. The van der Waals surface area contributed by atoms with Crippen LogP contribution in [0.25, 0.3) is 20.5 Å². The number of benzene rings is 2. The lowest BCUT2D eigenvalue weighted by atomic mass is 9.83. The Labute approximate surface area is 194 Å². The lowest BCUT2D eigenvalue weighted by molar-refractivity contribution is 0.139. The van der Waals surface area contributed by atoms with Crippen LogP contribution in [-0.4, -0.2) is 28.6 Å². The summed E-state index contributed by atoms with van der Waals surface area (Å²) in [6, 6.07) is 19.9. The van der Waals surface area contributed by atoms with Crippen LogP contribution in [0, 0.1) is 11.7 Å². The van der Waals surface area contributed by atoms with E-state index < -0.39 is 0 Å². The number of nitrogens with one attached hydrogen (secondary N) is 1. The first-order valence-corrected chi connectivity index (χ1v) is 11.9. The fraction of sp³-hybridized carbons (Fsp3) is 0.231. The van der Waals surface area contributed by atoms with Crippen molar-refractivity contribution in [3.63, 3.8) is 0 Å². The van der Waals surface area contributed by atoms with Gasteiger partial charge in [0.25, 0.3) is 5.56 Å². The number of nitrogens with zero attached hydrogens (tertiary/aromatic N) is 2. The molecule has 2 aromatic heterocycles. The van der Waals surface area contributed by atoms with Crippen molar-refractivity contribution in [2.24, 2.45) is 5.92 Å². The second-order valence-electron chi connectivity index (χ2n) is 8.88. The fourth-order valence-corrected chi connectivity index (χ4v) is 6.26. The van der Waals surface area contributed by atoms with E-state index in [0.29, 0.717) is 25.3 Å². The summed E-state index contributed by atoms with van der Waals surface area (Å²) >= 11 is 1.64. The van der Waals surface area contributed by atoms with Gasteiger partial charge in [-0.25, -0.2) is 9.18 Å². The highest BCUT2D eigenvalue weighted by Gasteiger charge is 2.36. The standard InChI is InChI=1S/C26H22FN3O2S/c27-19-5-3-6-20(12-19)28-26(32)29-13-16-10-18(15-29)22-9-8-21(25(31)30(22)14-16)24-11-17-4-1-2-7-23(17)33-24/h1-9,11-12,16,18H,10,13-15H2,(H,28,32). The van der Waals surface area contributed by atoms with Crippen molar-refractivity contribution in [1.29, 1.82) is 0 Å². The molecule has 6 rings (SSSR count). The Morgan fingerprint density at radius 1 is 1.00 bits per heavy atom. The van der Waals surface area contributed by atoms with Crippen LogP contribution in [0.4, 0.5) is 14.9 Å². The number of urea groups is 1. The third-order valence-corrected chi connectivity index (χ3v) is 7.81. The largest absolute Gasteiger partial charge is 0.324 e. The van der Waals surface area contributed by atoms with Gasteiger partial charge in [-0.15, -0.1) is 11.3 Å². The van der Waals surface area contributed by atoms with E-state index in [0.717, 1.165) is 27.9 Å². The molecule has 1 N–H and O–H groups in total. The number of aromatic nitrogens is 1. The Morgan fingerprint density at radius 3 is 2.73 bits per heavy atom. The maximum Gasteiger partial charge on any atom is 0.321 e. The summed E-state index contributed by atoms with van der Waals surface area (Å²) in [6.07, 6.45) is 0.964. The second-order valence-corrected chi connectivity index (χ2v) is 9.96. The number of pyridine rings is 1. The summed E-state index contributed by atoms with van der Waals surface area (Å²) in [4.78, 5) is 29.1. The van der Waals surface area contributed by atoms with Gasteiger partial charge in [-0.2, -0.15) is 0 Å². The average molecular weight is 460 g/mol. The number of carbonyl (C=O) groups excluding carboxylic acids is 1. The summed E-state index contributed by atoms with van der Waals surface area (Å²) in [5.74, 6) is -0.0594. The first-order chi connectivity index (χ1) is 16.0. The minimum absolute atomic E-state index is 0.0476. The number of piperidine rings is 1. The predicted octanol–water partition coefficient (Wildman–Crippen LogP) is 5.52. The first-order valence-electron chi connectivity index (χ1n) is 11.1. The number of hydrogen-bond acceptors (Lipinski definition) is 3. The zero-order valence-electron chi connectivity index (χ0n) is 17.8. The van der Waals surface area contributed by atoms with E-state index in [2.05, 4.69) is 29.6 Å². The Hall–Kier alpha value is -3.45. The smallest absolute Gasteiger partial charge is 0.321 e. The molecule has 33 heavy (non-hydrogen) atoms. The van der Waals surface area contributed by atoms with Crippen molar-refractivity contribution in [3.8, 4) is 10.4 Å². The lowest BCUT2D eigenvalue weighted by Gasteiger charge is -2.42. The van der Waals surface area contributed by atoms with Crippen LogP contribution < -0.4 is 10.9 Å². The molecule has 1 fully saturated rings. The molecular formula is C26H22FN3O2S. The molecule has 5 nitrogen and oxygen atoms in total. The molecule has 0 spiro atoms. The highest BCUT2D eigenvalue weighted by atomic mass is 32.1. The van der Waals surface area contributed by atoms with Gasteiger partial charge < -0.3 is 14.8 Å². The zero-order valence-corrected chi connectivity index (χ0v) is 18.6. The number of carbonyl (C=O) groups is 1. The van der Waals surface area contributed by atoms with E-state index in [9.17, 15) is 14.0 Å². The monoisotopic (exact) mass is 459 g/mol. The maximum atomic E-state index is 13.5. The zero-order chi connectivity index (χ0) is 22.5. The molecule has 2 unspecified atom stereocenters. The third-order valence-electron chi connectivity index (χ3n) is 6.66. The molecule has 2 aliphatic rings. The molecule has 2 amide bonds. The van der Waals surface area contributed by atoms with Crippen molar-refractivity contribution in [3.05, 3.63) is 88.6 Å². The van der Waals surface area contributed by atoms with Gasteiger partial charge in [0, 0.05) is 46.5 Å². The number of thiophene rings is 1. The molecule has 4 heterocycles. The number of hydrogen-bond donors (Lipinski definition) is 1. The summed E-state index contributed by atoms with van der Waals surface area (Å²) in [5.41, 5.74) is 2.22. The molecule has 0 saturated carbocycles. The topological polar surface area (TPSA) is 54.3 Å². The molecule has 166 valence electrons. The second kappa shape index (κ2) is 7.85. The quantitative estimate of drug-likeness (QED) is 0.429. The van der Waals surface area contributed by atoms with Crippen LogP contribution in [0.3, 0.4) is 0 Å². The number of anilines is 1. The van der Waals surface area contributed by atoms with Crippen LogP contribution in [-0.2, 0) is 6.54 Å². The van der Waals surface area contributed by atoms with Gasteiger partial charge in [-0.05, 0) is 60.2 Å². The summed E-state index contributed by atoms with van der Waals surface area (Å²) in [7, 11) is 0. The van der Waals surface area contributed by atoms with Crippen molar-refractivity contribution in [1.82, 2.24) is 9.47 Å². The van der Waals surface area contributed by atoms with Crippen LogP contribution in [0.1, 0.15) is 18.0 Å². The Balaban J connectivity index is 1.27. The molecule has 2 aliphatic heterocycles. The van der Waals surface area contributed by atoms with Crippen molar-refractivity contribution >= 4 is 33.1 Å². The summed E-state index contributed by atoms with van der Waals surface area (Å²) in [6.45, 7) is 1.73. The van der Waals surface area contributed by atoms with Gasteiger partial charge >= 0.3 is 6.03 Å². The van der Waals surface area contributed by atoms with E-state index in [1.807, 2.05) is 22.8 Å². The van der Waals surface area contributed by atoms with Gasteiger partial charge in [-0.3, -0.25) is 4.79 Å². The Morgan fingerprint density at radius 2 is 1.88 bits per heavy atom. The fourth-order valence-electron chi connectivity index (χ4n) is 5.18. The van der Waals surface area contributed by atoms with Crippen molar-refractivity contribution in [2.45, 2.75) is 18.9 Å². The van der Waals surface area contributed by atoms with Crippen molar-refractivity contribution < 1.29 is 9.18 Å². The molecule has 2 aromatic carbocycles. The van der Waals surface area contributed by atoms with E-state index in [4.69, 9.17) is 0 Å². The van der Waals surface area contributed by atoms with Crippen molar-refractivity contribution in [2.75, 3.05) is 18.4 Å². The third kappa shape index (κ3) is 3.62. The summed E-state index contributed by atoms with van der Waals surface area (Å²) in [5, 5.41) is 3.95. The van der Waals surface area contributed by atoms with Crippen LogP contribution >= 0.6 is 11.3 Å². The molecule has 2 atom stereocenters. The van der Waals surface area contributed by atoms with Gasteiger partial charge in [-0.1, -0.05) is 24.3 Å². The first kappa shape index (κ1) is 20.2. The van der Waals surface area contributed by atoms with Gasteiger partial charge in [0.1, 0.15) is 5.82 Å². The van der Waals surface area contributed by atoms with E-state index >= 15 is 0 Å². The molecular weight excluding hydrogens is 437 g/mol. The Kier molecular flexibility index (Phi) is 4.80. The van der Waals surface area contributed by atoms with Gasteiger partial charge in [0.15, 0.2) is 0 Å². The normalized spacial score (nSPS) is 19.4. The molecule has 0 aliphatic carbocycles. The summed E-state index contributed by atoms with van der Waals surface area (Å²) < 4.78 is 16.6. The van der Waals surface area contributed by atoms with Gasteiger partial charge in [0.2, 0.25) is 0 Å². The highest BCUT2D eigenvalue weighted by Crippen LogP contribution is 2.37. The maximum absolute atomic E-state index is 13.5. The highest BCUT2D eigenvalue weighted by molar-refractivity contribution is 7.22. The average Bonchev–Trinajstić information content (AvgIpc) is 3.23. The molecule has 7 heteroatoms. The minimum atomic E-state index is -0.383. The van der Waals surface area contributed by atoms with E-state index in [-0.39, 0.29) is 29.2 Å². The number of likely N-dealkylation sites (tertiary alicyclic amines) is 1. The number of amides is 2. The van der Waals surface area contributed by atoms with Crippen LogP contribution in [0.5, 0.6) is 0 Å². The van der Waals surface area contributed by atoms with Gasteiger partial charge in [0.05, 0.1) is 5.56 Å². The predicted molar refractivity (Wildman–Crippen MR) is 129 cm³/mol. The molecule has 4 aromatic rings. The lowest BCUT2D eigenvalue weighted by Crippen LogP contribution is -2.50.